The van der Waals surface area contributed by atoms with Crippen molar-refractivity contribution in [3.8, 4) is 0 Å². The van der Waals surface area contributed by atoms with Gasteiger partial charge in [-0.3, -0.25) is 0 Å². The first-order chi connectivity index (χ1) is 12.8. The van der Waals surface area contributed by atoms with Gasteiger partial charge in [0.2, 0.25) is 0 Å². The fourth-order valence-corrected chi connectivity index (χ4v) is 1.82. The Labute approximate surface area is 179 Å². The molecule has 0 saturated heterocycles. The second-order valence-corrected chi connectivity index (χ2v) is 5.21. The second-order valence-electron chi connectivity index (χ2n) is 5.21. The molecule has 0 aromatic heterocycles. The van der Waals surface area contributed by atoms with E-state index >= 15 is 0 Å². The Kier molecular flexibility index (Phi) is 16.5. The number of hydrogen-bond acceptors (Lipinski definition) is 0. The second kappa shape index (κ2) is 18.3. The van der Waals surface area contributed by atoms with Crippen molar-refractivity contribution in [3.05, 3.63) is 152 Å². The Balaban J connectivity index is 0.000000339. The van der Waals surface area contributed by atoms with Crippen molar-refractivity contribution in [2.75, 3.05) is 0 Å². The van der Waals surface area contributed by atoms with E-state index < -0.39 is 0 Å². The summed E-state index contributed by atoms with van der Waals surface area (Å²) >= 11 is 0. The van der Waals surface area contributed by atoms with Crippen molar-refractivity contribution in [2.45, 2.75) is 6.92 Å². The normalized spacial score (nSPS) is 8.63. The molecule has 0 aliphatic rings. The summed E-state index contributed by atoms with van der Waals surface area (Å²) in [6.45, 7) is 5.69. The van der Waals surface area contributed by atoms with Crippen LogP contribution in [0.5, 0.6) is 0 Å². The Morgan fingerprint density at radius 2 is 1.07 bits per heavy atom. The number of allylic oxidation sites excluding steroid dienone is 1. The van der Waals surface area contributed by atoms with Gasteiger partial charge in [-0.15, -0.1) is 30.3 Å². The molecule has 134 valence electrons. The van der Waals surface area contributed by atoms with E-state index in [1.165, 1.54) is 0 Å². The van der Waals surface area contributed by atoms with E-state index in [1.807, 2.05) is 134 Å². The van der Waals surface area contributed by atoms with Crippen LogP contribution in [0, 0.1) is 13.0 Å². The minimum absolute atomic E-state index is 0. The fourth-order valence-electron chi connectivity index (χ4n) is 1.82. The standard InChI is InChI=1S/C9H9.C7H7.2C5H5.Ti/c1-2-6-9-7-4-3-5-8-9;1-7-5-3-2-4-6-7;2*1-2-4-5-3-1;/h2-5,7-8H,1H3;2-6H,1H2;2*1-5H;/q4*-1;+4. The minimum atomic E-state index is 0. The van der Waals surface area contributed by atoms with Gasteiger partial charge in [0.25, 0.3) is 0 Å². The van der Waals surface area contributed by atoms with Gasteiger partial charge in [-0.05, 0) is 0 Å². The maximum atomic E-state index is 3.72. The van der Waals surface area contributed by atoms with Crippen LogP contribution in [0.4, 0.5) is 0 Å². The van der Waals surface area contributed by atoms with Gasteiger partial charge in [-0.2, -0.15) is 84.8 Å². The van der Waals surface area contributed by atoms with Gasteiger partial charge in [-0.25, -0.2) is 24.3 Å². The van der Waals surface area contributed by atoms with E-state index in [0.29, 0.717) is 0 Å². The molecule has 0 heterocycles. The molecule has 0 amide bonds. The van der Waals surface area contributed by atoms with E-state index in [0.717, 1.165) is 11.1 Å². The summed E-state index contributed by atoms with van der Waals surface area (Å²) < 4.78 is 0. The zero-order valence-corrected chi connectivity index (χ0v) is 17.4. The maximum absolute atomic E-state index is 3.72. The number of benzene rings is 2. The van der Waals surface area contributed by atoms with Gasteiger partial charge >= 0.3 is 21.7 Å². The molecule has 1 heteroatoms. The van der Waals surface area contributed by atoms with E-state index in [2.05, 4.69) is 13.0 Å². The molecule has 4 rings (SSSR count). The van der Waals surface area contributed by atoms with Gasteiger partial charge in [0.15, 0.2) is 0 Å². The summed E-state index contributed by atoms with van der Waals surface area (Å²) in [6, 6.07) is 39.9. The molecular formula is C26H26Ti. The molecule has 0 saturated carbocycles. The molecule has 0 radical (unpaired) electrons. The molecular weight excluding hydrogens is 360 g/mol. The summed E-state index contributed by atoms with van der Waals surface area (Å²) in [5.41, 5.74) is 2.21. The zero-order valence-electron chi connectivity index (χ0n) is 15.8. The molecule has 0 N–H and O–H groups in total. The molecule has 0 atom stereocenters. The minimum Gasteiger partial charge on any atom is -0.214 e. The largest absolute Gasteiger partial charge is 4.00 e. The van der Waals surface area contributed by atoms with Crippen molar-refractivity contribution in [1.82, 2.24) is 0 Å². The zero-order chi connectivity index (χ0) is 18.7. The third-order valence-electron chi connectivity index (χ3n) is 3.04. The molecule has 0 unspecified atom stereocenters. The van der Waals surface area contributed by atoms with Crippen LogP contribution in [0.25, 0.3) is 0 Å². The van der Waals surface area contributed by atoms with Crippen molar-refractivity contribution in [3.63, 3.8) is 0 Å². The van der Waals surface area contributed by atoms with Gasteiger partial charge in [0.05, 0.1) is 0 Å². The first kappa shape index (κ1) is 24.5. The Morgan fingerprint density at radius 1 is 0.667 bits per heavy atom. The van der Waals surface area contributed by atoms with Crippen LogP contribution in [-0.2, 0) is 21.7 Å². The van der Waals surface area contributed by atoms with Gasteiger partial charge in [0.1, 0.15) is 0 Å². The summed E-state index contributed by atoms with van der Waals surface area (Å²) in [4.78, 5) is 0. The van der Waals surface area contributed by atoms with Gasteiger partial charge in [-0.1, -0.05) is 19.1 Å². The molecule has 4 aromatic rings. The SMILES string of the molecule is CC=[C-]c1ccccc1.[CH2-]c1ccccc1.[Ti+4].c1cc[cH-]c1.c1cc[cH-]c1. The van der Waals surface area contributed by atoms with Gasteiger partial charge in [0, 0.05) is 0 Å². The van der Waals surface area contributed by atoms with E-state index in [1.54, 1.807) is 0 Å². The quantitative estimate of drug-likeness (QED) is 0.242. The smallest absolute Gasteiger partial charge is 0.214 e. The van der Waals surface area contributed by atoms with Crippen molar-refractivity contribution < 1.29 is 21.7 Å². The molecule has 0 aliphatic heterocycles. The topological polar surface area (TPSA) is 0 Å². The summed E-state index contributed by atoms with van der Waals surface area (Å²) in [7, 11) is 0. The number of rotatable bonds is 1. The summed E-state index contributed by atoms with van der Waals surface area (Å²) in [5, 5.41) is 0. The average molecular weight is 386 g/mol. The maximum Gasteiger partial charge on any atom is 4.00 e. The first-order valence-electron chi connectivity index (χ1n) is 8.62. The average Bonchev–Trinajstić information content (AvgIpc) is 3.43. The Hall–Kier alpha value is -2.54. The summed E-state index contributed by atoms with van der Waals surface area (Å²) in [5.74, 6) is 0. The molecule has 0 aliphatic carbocycles. The predicted octanol–water partition coefficient (Wildman–Crippen LogP) is 7.09. The predicted molar refractivity (Wildman–Crippen MR) is 114 cm³/mol. The van der Waals surface area contributed by atoms with E-state index in [4.69, 9.17) is 0 Å². The molecule has 0 bridgehead atoms. The van der Waals surface area contributed by atoms with Crippen LogP contribution in [0.1, 0.15) is 18.1 Å². The van der Waals surface area contributed by atoms with Gasteiger partial charge < -0.3 is 0 Å². The third-order valence-corrected chi connectivity index (χ3v) is 3.04. The summed E-state index contributed by atoms with van der Waals surface area (Å²) in [6.07, 6.45) is 4.99. The van der Waals surface area contributed by atoms with Crippen LogP contribution < -0.4 is 0 Å². The Bertz CT molecular complexity index is 676. The number of hydrogen-bond donors (Lipinski definition) is 0. The molecule has 0 nitrogen and oxygen atoms in total. The van der Waals surface area contributed by atoms with Crippen molar-refractivity contribution >= 4 is 0 Å². The van der Waals surface area contributed by atoms with Crippen LogP contribution in [0.15, 0.2) is 127 Å². The van der Waals surface area contributed by atoms with Crippen LogP contribution >= 0.6 is 0 Å². The van der Waals surface area contributed by atoms with Crippen molar-refractivity contribution in [1.29, 1.82) is 0 Å². The van der Waals surface area contributed by atoms with Crippen LogP contribution in [-0.4, -0.2) is 0 Å². The molecule has 0 fully saturated rings. The first-order valence-corrected chi connectivity index (χ1v) is 8.62. The molecule has 0 spiro atoms. The van der Waals surface area contributed by atoms with E-state index in [-0.39, 0.29) is 21.7 Å². The third kappa shape index (κ3) is 15.4. The van der Waals surface area contributed by atoms with Crippen LogP contribution in [0.2, 0.25) is 0 Å². The molecule has 4 aromatic carbocycles. The van der Waals surface area contributed by atoms with E-state index in [9.17, 15) is 0 Å². The van der Waals surface area contributed by atoms with Crippen molar-refractivity contribution in [2.24, 2.45) is 0 Å². The molecule has 27 heavy (non-hydrogen) atoms. The Morgan fingerprint density at radius 3 is 1.33 bits per heavy atom. The fraction of sp³-hybridized carbons (Fsp3) is 0.0385. The monoisotopic (exact) mass is 386 g/mol. The van der Waals surface area contributed by atoms with Crippen LogP contribution in [0.3, 0.4) is 0 Å².